The lowest BCUT2D eigenvalue weighted by Crippen LogP contribution is -2.78. The van der Waals surface area contributed by atoms with Gasteiger partial charge in [-0.15, -0.1) is 5.10 Å². The number of allylic oxidation sites excluding steroid dienone is 2. The second-order valence-electron chi connectivity index (χ2n) is 2.64. The quantitative estimate of drug-likeness (QED) is 0.424. The van der Waals surface area contributed by atoms with Crippen molar-refractivity contribution >= 4 is 5.71 Å². The van der Waals surface area contributed by atoms with Gasteiger partial charge in [0, 0.05) is 6.08 Å². The van der Waals surface area contributed by atoms with E-state index in [1.165, 1.54) is 18.6 Å². The maximum atomic E-state index is 3.14. The molecule has 0 aromatic carbocycles. The largest absolute Gasteiger partial charge is 0.207 e. The highest BCUT2D eigenvalue weighted by Crippen LogP contribution is 2.13. The fourth-order valence-electron chi connectivity index (χ4n) is 1.43. The van der Waals surface area contributed by atoms with Gasteiger partial charge in [0.1, 0.15) is 0 Å². The van der Waals surface area contributed by atoms with Gasteiger partial charge in [0.05, 0.1) is 12.5 Å². The highest BCUT2D eigenvalue weighted by molar-refractivity contribution is 5.93. The number of hydrazine groups is 1. The molecule has 0 spiro atoms. The Morgan fingerprint density at radius 1 is 1.67 bits per heavy atom. The molecule has 1 heterocycles. The van der Waals surface area contributed by atoms with Crippen LogP contribution in [-0.2, 0) is 0 Å². The molecule has 1 aliphatic carbocycles. The predicted octanol–water partition coefficient (Wildman–Crippen LogP) is -1.01. The molecule has 2 heteroatoms. The molecule has 0 bridgehead atoms. The van der Waals surface area contributed by atoms with Crippen LogP contribution in [0.1, 0.15) is 12.8 Å². The van der Waals surface area contributed by atoms with E-state index in [1.807, 2.05) is 0 Å². The van der Waals surface area contributed by atoms with Crippen LogP contribution in [0.4, 0.5) is 0 Å². The van der Waals surface area contributed by atoms with E-state index in [0.29, 0.717) is 0 Å². The lowest BCUT2D eigenvalue weighted by atomic mass is 9.94. The third-order valence-electron chi connectivity index (χ3n) is 2.00. The predicted molar refractivity (Wildman–Crippen MR) is 35.8 cm³/mol. The molecule has 48 valence electrons. The Morgan fingerprint density at radius 3 is 3.56 bits per heavy atom. The average molecular weight is 123 g/mol. The van der Waals surface area contributed by atoms with Crippen LogP contribution < -0.4 is 10.5 Å². The van der Waals surface area contributed by atoms with E-state index in [-0.39, 0.29) is 0 Å². The zero-order valence-electron chi connectivity index (χ0n) is 5.35. The third kappa shape index (κ3) is 0.745. The molecule has 2 nitrogen and oxygen atoms in total. The Morgan fingerprint density at radius 2 is 2.67 bits per heavy atom. The van der Waals surface area contributed by atoms with Gasteiger partial charge in [0.25, 0.3) is 0 Å². The first-order valence-corrected chi connectivity index (χ1v) is 3.49. The number of hydrogen-bond donors (Lipinski definition) is 2. The summed E-state index contributed by atoms with van der Waals surface area (Å²) in [6, 6.07) is 0. The summed E-state index contributed by atoms with van der Waals surface area (Å²) in [7, 11) is 0. The molecule has 0 saturated heterocycles. The lowest BCUT2D eigenvalue weighted by molar-refractivity contribution is -0.515. The van der Waals surface area contributed by atoms with Gasteiger partial charge in [0.15, 0.2) is 0 Å². The summed E-state index contributed by atoms with van der Waals surface area (Å²) in [5, 5.41) is 3.14. The summed E-state index contributed by atoms with van der Waals surface area (Å²) in [6.45, 7) is 1.11. The van der Waals surface area contributed by atoms with Gasteiger partial charge in [-0.1, -0.05) is 6.08 Å². The van der Waals surface area contributed by atoms with E-state index in [4.69, 9.17) is 0 Å². The van der Waals surface area contributed by atoms with E-state index in [9.17, 15) is 0 Å². The van der Waals surface area contributed by atoms with Crippen LogP contribution in [0.5, 0.6) is 0 Å². The van der Waals surface area contributed by atoms with Gasteiger partial charge in [-0.3, -0.25) is 0 Å². The van der Waals surface area contributed by atoms with Crippen LogP contribution in [0.3, 0.4) is 0 Å². The molecule has 0 aromatic rings. The van der Waals surface area contributed by atoms with Crippen molar-refractivity contribution in [2.24, 2.45) is 5.92 Å². The van der Waals surface area contributed by atoms with Crippen LogP contribution in [0.25, 0.3) is 0 Å². The van der Waals surface area contributed by atoms with Crippen molar-refractivity contribution in [2.45, 2.75) is 12.8 Å². The van der Waals surface area contributed by atoms with Crippen LogP contribution in [-0.4, -0.2) is 12.3 Å². The second kappa shape index (κ2) is 1.87. The first-order valence-electron chi connectivity index (χ1n) is 3.49. The SMILES string of the molecule is C1=CC2=[NH+]NCC2CC1. The fraction of sp³-hybridized carbons (Fsp3) is 0.571. The molecule has 2 rings (SSSR count). The molecular formula is C7H11N2+. The molecule has 1 atom stereocenters. The Labute approximate surface area is 54.6 Å². The van der Waals surface area contributed by atoms with Crippen molar-refractivity contribution in [3.8, 4) is 0 Å². The first-order chi connectivity index (χ1) is 4.47. The Balaban J connectivity index is 2.24. The molecule has 0 saturated carbocycles. The van der Waals surface area contributed by atoms with Gasteiger partial charge < -0.3 is 0 Å². The second-order valence-corrected chi connectivity index (χ2v) is 2.64. The number of fused-ring (bicyclic) bond motifs is 1. The number of hydrogen-bond acceptors (Lipinski definition) is 1. The highest BCUT2D eigenvalue weighted by Gasteiger charge is 2.26. The molecule has 0 aromatic heterocycles. The van der Waals surface area contributed by atoms with Crippen molar-refractivity contribution in [3.63, 3.8) is 0 Å². The first kappa shape index (κ1) is 5.03. The molecule has 0 fully saturated rings. The summed E-state index contributed by atoms with van der Waals surface area (Å²) in [5.41, 5.74) is 4.50. The topological polar surface area (TPSA) is 26.0 Å². The summed E-state index contributed by atoms with van der Waals surface area (Å²) in [4.78, 5) is 0. The summed E-state index contributed by atoms with van der Waals surface area (Å²) < 4.78 is 0. The van der Waals surface area contributed by atoms with Crippen molar-refractivity contribution in [3.05, 3.63) is 12.2 Å². The van der Waals surface area contributed by atoms with Crippen LogP contribution >= 0.6 is 0 Å². The molecule has 1 unspecified atom stereocenters. The molecule has 2 N–H and O–H groups in total. The Hall–Kier alpha value is -0.790. The highest BCUT2D eigenvalue weighted by atomic mass is 15.3. The van der Waals surface area contributed by atoms with Gasteiger partial charge in [0.2, 0.25) is 5.71 Å². The van der Waals surface area contributed by atoms with Crippen LogP contribution in [0.2, 0.25) is 0 Å². The van der Waals surface area contributed by atoms with Crippen LogP contribution in [0, 0.1) is 5.92 Å². The molecule has 2 aliphatic rings. The van der Waals surface area contributed by atoms with Crippen molar-refractivity contribution in [1.82, 2.24) is 5.43 Å². The van der Waals surface area contributed by atoms with Crippen molar-refractivity contribution in [1.29, 1.82) is 0 Å². The van der Waals surface area contributed by atoms with Gasteiger partial charge >= 0.3 is 0 Å². The van der Waals surface area contributed by atoms with Crippen molar-refractivity contribution < 1.29 is 5.10 Å². The minimum Gasteiger partial charge on any atom is -0.199 e. The standard InChI is InChI=1S/C7H10N2/c1-2-4-7-6(3-1)5-8-9-7/h2,4,6,8H,1,3,5H2/p+1. The van der Waals surface area contributed by atoms with E-state index in [1.54, 1.807) is 0 Å². The van der Waals surface area contributed by atoms with E-state index in [0.717, 1.165) is 12.5 Å². The number of hydrazone groups is 1. The van der Waals surface area contributed by atoms with Gasteiger partial charge in [-0.2, -0.15) is 5.43 Å². The van der Waals surface area contributed by atoms with E-state index in [2.05, 4.69) is 22.7 Å². The van der Waals surface area contributed by atoms with Crippen molar-refractivity contribution in [2.75, 3.05) is 6.54 Å². The normalized spacial score (nSPS) is 31.1. The van der Waals surface area contributed by atoms with Crippen LogP contribution in [0.15, 0.2) is 12.2 Å². The molecule has 9 heavy (non-hydrogen) atoms. The summed E-state index contributed by atoms with van der Waals surface area (Å²) >= 11 is 0. The smallest absolute Gasteiger partial charge is 0.199 e. The average Bonchev–Trinajstić information content (AvgIpc) is 2.33. The minimum atomic E-state index is 0.773. The third-order valence-corrected chi connectivity index (χ3v) is 2.00. The summed E-state index contributed by atoms with van der Waals surface area (Å²) in [5.74, 6) is 0.773. The molecule has 0 amide bonds. The van der Waals surface area contributed by atoms with Gasteiger partial charge in [-0.05, 0) is 12.8 Å². The molecule has 0 radical (unpaired) electrons. The zero-order valence-corrected chi connectivity index (χ0v) is 5.35. The number of nitrogens with one attached hydrogen (secondary N) is 2. The minimum absolute atomic E-state index is 0.773. The zero-order chi connectivity index (χ0) is 6.10. The fourth-order valence-corrected chi connectivity index (χ4v) is 1.43. The Kier molecular flexibility index (Phi) is 1.04. The Bertz CT molecular complexity index is 170. The monoisotopic (exact) mass is 123 g/mol. The lowest BCUT2D eigenvalue weighted by Gasteiger charge is -2.05. The molecular weight excluding hydrogens is 112 g/mol. The number of rotatable bonds is 0. The molecule has 1 aliphatic heterocycles. The van der Waals surface area contributed by atoms with Gasteiger partial charge in [-0.25, -0.2) is 0 Å². The van der Waals surface area contributed by atoms with E-state index < -0.39 is 0 Å². The maximum absolute atomic E-state index is 3.14. The maximum Gasteiger partial charge on any atom is 0.207 e. The summed E-state index contributed by atoms with van der Waals surface area (Å²) in [6.07, 6.45) is 6.98. The van der Waals surface area contributed by atoms with E-state index >= 15 is 0 Å².